The third-order valence-electron chi connectivity index (χ3n) is 5.09. The summed E-state index contributed by atoms with van der Waals surface area (Å²) in [5.41, 5.74) is 0. The Morgan fingerprint density at radius 2 is 1.06 bits per heavy atom. The first-order valence-corrected chi connectivity index (χ1v) is 7.12. The molecule has 0 aliphatic heterocycles. The van der Waals surface area contributed by atoms with Crippen LogP contribution in [0.25, 0.3) is 0 Å². The molecule has 0 aromatic heterocycles. The maximum Gasteiger partial charge on any atom is 0.0571 e. The number of rotatable bonds is 0. The summed E-state index contributed by atoms with van der Waals surface area (Å²) in [4.78, 5) is 0. The number of hydrogen-bond acceptors (Lipinski definition) is 2. The van der Waals surface area contributed by atoms with Crippen LogP contribution in [0.1, 0.15) is 51.4 Å². The molecule has 2 heteroatoms. The van der Waals surface area contributed by atoms with E-state index in [9.17, 15) is 10.2 Å². The summed E-state index contributed by atoms with van der Waals surface area (Å²) in [5, 5.41) is 18.4. The highest BCUT2D eigenvalue weighted by molar-refractivity contribution is 4.95. The molecule has 4 fully saturated rings. The van der Waals surface area contributed by atoms with Crippen LogP contribution in [-0.2, 0) is 0 Å². The lowest BCUT2D eigenvalue weighted by atomic mass is 9.98. The van der Waals surface area contributed by atoms with E-state index < -0.39 is 0 Å². The van der Waals surface area contributed by atoms with E-state index in [0.29, 0.717) is 0 Å². The van der Waals surface area contributed by atoms with E-state index in [-0.39, 0.29) is 12.2 Å². The summed E-state index contributed by atoms with van der Waals surface area (Å²) in [6.45, 7) is 0. The molecule has 0 aromatic rings. The van der Waals surface area contributed by atoms with Crippen molar-refractivity contribution in [2.75, 3.05) is 0 Å². The molecule has 0 aromatic carbocycles. The van der Waals surface area contributed by atoms with E-state index >= 15 is 0 Å². The Labute approximate surface area is 98.1 Å². The molecular weight excluding hydrogens is 200 g/mol. The van der Waals surface area contributed by atoms with Gasteiger partial charge in [0.05, 0.1) is 12.2 Å². The summed E-state index contributed by atoms with van der Waals surface area (Å²) in [7, 11) is 0. The van der Waals surface area contributed by atoms with Gasteiger partial charge >= 0.3 is 0 Å². The topological polar surface area (TPSA) is 40.5 Å². The molecule has 16 heavy (non-hydrogen) atoms. The number of aliphatic hydroxyl groups is 2. The molecule has 6 atom stereocenters. The fourth-order valence-corrected chi connectivity index (χ4v) is 3.75. The smallest absolute Gasteiger partial charge is 0.0571 e. The molecule has 4 aliphatic rings. The van der Waals surface area contributed by atoms with Crippen LogP contribution in [0.5, 0.6) is 0 Å². The first kappa shape index (κ1) is 11.0. The Balaban J connectivity index is 0.000000101. The average Bonchev–Trinajstić information content (AvgIpc) is 3.13. The molecule has 4 rings (SSSR count). The lowest BCUT2D eigenvalue weighted by Crippen LogP contribution is -2.14. The molecular formula is C14H24O2. The van der Waals surface area contributed by atoms with E-state index in [1.807, 2.05) is 0 Å². The Kier molecular flexibility index (Phi) is 2.97. The Morgan fingerprint density at radius 3 is 1.38 bits per heavy atom. The van der Waals surface area contributed by atoms with Gasteiger partial charge in [0.25, 0.3) is 0 Å². The van der Waals surface area contributed by atoms with Gasteiger partial charge in [-0.15, -0.1) is 0 Å². The molecule has 0 heterocycles. The van der Waals surface area contributed by atoms with Crippen molar-refractivity contribution in [3.8, 4) is 0 Å². The summed E-state index contributed by atoms with van der Waals surface area (Å²) in [6.07, 6.45) is 10.3. The molecule has 2 N–H and O–H groups in total. The highest BCUT2D eigenvalue weighted by Gasteiger charge is 2.44. The van der Waals surface area contributed by atoms with Gasteiger partial charge in [0.2, 0.25) is 0 Å². The van der Waals surface area contributed by atoms with Gasteiger partial charge in [-0.1, -0.05) is 12.8 Å². The fourth-order valence-electron chi connectivity index (χ4n) is 3.75. The van der Waals surface area contributed by atoms with Crippen LogP contribution in [0.4, 0.5) is 0 Å². The first-order valence-electron chi connectivity index (χ1n) is 7.12. The van der Waals surface area contributed by atoms with Crippen molar-refractivity contribution < 1.29 is 10.2 Å². The van der Waals surface area contributed by atoms with Crippen molar-refractivity contribution >= 4 is 0 Å². The van der Waals surface area contributed by atoms with Crippen molar-refractivity contribution in [3.63, 3.8) is 0 Å². The van der Waals surface area contributed by atoms with E-state index in [0.717, 1.165) is 36.5 Å². The number of aliphatic hydroxyl groups excluding tert-OH is 2. The maximum absolute atomic E-state index is 9.22. The molecule has 0 radical (unpaired) electrons. The van der Waals surface area contributed by atoms with Gasteiger partial charge in [-0.3, -0.25) is 0 Å². The molecule has 4 aliphatic carbocycles. The minimum Gasteiger partial charge on any atom is -0.393 e. The van der Waals surface area contributed by atoms with Gasteiger partial charge in [-0.25, -0.2) is 0 Å². The highest BCUT2D eigenvalue weighted by atomic mass is 16.3. The maximum atomic E-state index is 9.22. The second-order valence-corrected chi connectivity index (χ2v) is 6.32. The predicted octanol–water partition coefficient (Wildman–Crippen LogP) is 2.33. The number of fused-ring (bicyclic) bond motifs is 2. The SMILES string of the molecule is O[C@@H]1CCC[C@@H]2C[C@@H]21.O[C@H]1CCC[C@H]2C[C@H]21. The molecule has 0 spiro atoms. The fraction of sp³-hybridized carbons (Fsp3) is 1.00. The second kappa shape index (κ2) is 4.30. The molecule has 0 amide bonds. The first-order chi connectivity index (χ1) is 7.75. The minimum absolute atomic E-state index is 0.0775. The minimum atomic E-state index is 0.0775. The van der Waals surface area contributed by atoms with Crippen molar-refractivity contribution in [2.45, 2.75) is 63.6 Å². The molecule has 2 nitrogen and oxygen atoms in total. The second-order valence-electron chi connectivity index (χ2n) is 6.32. The van der Waals surface area contributed by atoms with Crippen molar-refractivity contribution in [1.82, 2.24) is 0 Å². The molecule has 0 unspecified atom stereocenters. The molecule has 4 saturated carbocycles. The van der Waals surface area contributed by atoms with Crippen LogP contribution in [0, 0.1) is 23.7 Å². The largest absolute Gasteiger partial charge is 0.393 e. The average molecular weight is 224 g/mol. The lowest BCUT2D eigenvalue weighted by Gasteiger charge is -2.14. The van der Waals surface area contributed by atoms with Crippen LogP contribution in [0.2, 0.25) is 0 Å². The van der Waals surface area contributed by atoms with Crippen LogP contribution < -0.4 is 0 Å². The van der Waals surface area contributed by atoms with E-state index in [2.05, 4.69) is 0 Å². The normalized spacial score (nSPS) is 52.9. The molecule has 92 valence electrons. The Morgan fingerprint density at radius 1 is 0.625 bits per heavy atom. The molecule has 0 bridgehead atoms. The Hall–Kier alpha value is -0.0800. The van der Waals surface area contributed by atoms with Gasteiger partial charge in [-0.05, 0) is 62.2 Å². The van der Waals surface area contributed by atoms with Crippen molar-refractivity contribution in [2.24, 2.45) is 23.7 Å². The monoisotopic (exact) mass is 224 g/mol. The van der Waals surface area contributed by atoms with Gasteiger partial charge in [0.15, 0.2) is 0 Å². The van der Waals surface area contributed by atoms with Gasteiger partial charge in [0.1, 0.15) is 0 Å². The van der Waals surface area contributed by atoms with Gasteiger partial charge < -0.3 is 10.2 Å². The van der Waals surface area contributed by atoms with Gasteiger partial charge in [0, 0.05) is 0 Å². The third-order valence-corrected chi connectivity index (χ3v) is 5.09. The summed E-state index contributed by atoms with van der Waals surface area (Å²) in [5.74, 6) is 3.31. The van der Waals surface area contributed by atoms with E-state index in [4.69, 9.17) is 0 Å². The molecule has 0 saturated heterocycles. The lowest BCUT2D eigenvalue weighted by molar-refractivity contribution is 0.115. The predicted molar refractivity (Wildman–Crippen MR) is 62.9 cm³/mol. The zero-order valence-electron chi connectivity index (χ0n) is 10.0. The summed E-state index contributed by atoms with van der Waals surface area (Å²) in [6, 6.07) is 0. The van der Waals surface area contributed by atoms with Crippen molar-refractivity contribution in [3.05, 3.63) is 0 Å². The van der Waals surface area contributed by atoms with Crippen LogP contribution >= 0.6 is 0 Å². The van der Waals surface area contributed by atoms with Crippen LogP contribution in [0.3, 0.4) is 0 Å². The number of hydrogen-bond donors (Lipinski definition) is 2. The van der Waals surface area contributed by atoms with E-state index in [1.165, 1.54) is 38.5 Å². The zero-order chi connectivity index (χ0) is 11.1. The quantitative estimate of drug-likeness (QED) is 0.663. The summed E-state index contributed by atoms with van der Waals surface area (Å²) >= 11 is 0. The Bertz CT molecular complexity index is 227. The zero-order valence-corrected chi connectivity index (χ0v) is 10.0. The van der Waals surface area contributed by atoms with Crippen LogP contribution in [-0.4, -0.2) is 22.4 Å². The standard InChI is InChI=1S/2C7H12O/c2*8-7-3-1-2-5-4-6(5)7/h2*5-8H,1-4H2/t2*5-,6+,7-/m10/s1. The summed E-state index contributed by atoms with van der Waals surface area (Å²) < 4.78 is 0. The van der Waals surface area contributed by atoms with E-state index in [1.54, 1.807) is 0 Å². The van der Waals surface area contributed by atoms with Crippen LogP contribution in [0.15, 0.2) is 0 Å². The van der Waals surface area contributed by atoms with Gasteiger partial charge in [-0.2, -0.15) is 0 Å². The van der Waals surface area contributed by atoms with Crippen molar-refractivity contribution in [1.29, 1.82) is 0 Å². The third kappa shape index (κ3) is 2.28. The highest BCUT2D eigenvalue weighted by Crippen LogP contribution is 2.49.